The number of hydrogen-bond donors (Lipinski definition) is 2. The van der Waals surface area contributed by atoms with Crippen LogP contribution in [-0.2, 0) is 16.1 Å². The van der Waals surface area contributed by atoms with Gasteiger partial charge in [-0.15, -0.1) is 0 Å². The summed E-state index contributed by atoms with van der Waals surface area (Å²) in [5.41, 5.74) is 1.56. The van der Waals surface area contributed by atoms with Crippen LogP contribution in [0.1, 0.15) is 11.1 Å². The number of nitrogens with one attached hydrogen (secondary N) is 2. The number of rotatable bonds is 9. The second kappa shape index (κ2) is 10.6. The molecule has 10 heteroatoms. The molecule has 162 valence electrons. The quantitative estimate of drug-likeness (QED) is 0.646. The summed E-state index contributed by atoms with van der Waals surface area (Å²) in [5.74, 6) is -0.148. The number of aryl methyl sites for hydroxylation is 1. The molecule has 7 nitrogen and oxygen atoms in total. The maximum absolute atomic E-state index is 12.2. The van der Waals surface area contributed by atoms with Crippen molar-refractivity contribution in [3.8, 4) is 5.75 Å². The summed E-state index contributed by atoms with van der Waals surface area (Å²) in [6.45, 7) is 0.586. The van der Waals surface area contributed by atoms with Crippen LogP contribution in [0.15, 0.2) is 42.6 Å². The number of amides is 2. The average Bonchev–Trinajstić information content (AvgIpc) is 2.66. The van der Waals surface area contributed by atoms with Crippen LogP contribution >= 0.6 is 0 Å². The van der Waals surface area contributed by atoms with Gasteiger partial charge in [0, 0.05) is 12.7 Å². The standard InChI is InChI=1S/C20H23F3N4O3/c1-14-6-7-17(24-9-14)26-19(29)12-27(2)11-18(28)25-10-15-4-3-5-16(8-15)30-13-20(21,22)23/h3-9H,10-13H2,1-2H3,(H,25,28)(H,24,26,29). The molecular formula is C20H23F3N4O3. The van der Waals surface area contributed by atoms with Crippen molar-refractivity contribution < 1.29 is 27.5 Å². The molecule has 0 aliphatic rings. The molecule has 2 aromatic rings. The first-order valence-corrected chi connectivity index (χ1v) is 9.07. The predicted octanol–water partition coefficient (Wildman–Crippen LogP) is 2.52. The number of alkyl halides is 3. The van der Waals surface area contributed by atoms with Crippen LogP contribution in [-0.4, -0.2) is 54.6 Å². The van der Waals surface area contributed by atoms with Crippen LogP contribution in [0.25, 0.3) is 0 Å². The minimum atomic E-state index is -4.42. The number of ether oxygens (including phenoxy) is 1. The molecule has 2 N–H and O–H groups in total. The number of nitrogens with zero attached hydrogens (tertiary/aromatic N) is 2. The van der Waals surface area contributed by atoms with Crippen LogP contribution in [0.2, 0.25) is 0 Å². The molecule has 0 saturated heterocycles. The fourth-order valence-corrected chi connectivity index (χ4v) is 2.44. The van der Waals surface area contributed by atoms with E-state index in [9.17, 15) is 22.8 Å². The Morgan fingerprint density at radius 3 is 2.53 bits per heavy atom. The van der Waals surface area contributed by atoms with Gasteiger partial charge in [-0.1, -0.05) is 18.2 Å². The third kappa shape index (κ3) is 8.91. The Morgan fingerprint density at radius 1 is 1.13 bits per heavy atom. The number of hydrogen-bond acceptors (Lipinski definition) is 5. The maximum Gasteiger partial charge on any atom is 0.422 e. The van der Waals surface area contributed by atoms with E-state index in [2.05, 4.69) is 20.4 Å². The molecule has 0 bridgehead atoms. The second-order valence-electron chi connectivity index (χ2n) is 6.77. The monoisotopic (exact) mass is 424 g/mol. The summed E-state index contributed by atoms with van der Waals surface area (Å²) < 4.78 is 41.4. The van der Waals surface area contributed by atoms with E-state index < -0.39 is 12.8 Å². The third-order valence-corrected chi connectivity index (χ3v) is 3.80. The van der Waals surface area contributed by atoms with Gasteiger partial charge in [0.25, 0.3) is 0 Å². The van der Waals surface area contributed by atoms with Gasteiger partial charge in [-0.3, -0.25) is 14.5 Å². The molecule has 0 radical (unpaired) electrons. The first-order chi connectivity index (χ1) is 14.1. The smallest absolute Gasteiger partial charge is 0.422 e. The minimum Gasteiger partial charge on any atom is -0.484 e. The first-order valence-electron chi connectivity index (χ1n) is 9.07. The Kier molecular flexibility index (Phi) is 8.16. The van der Waals surface area contributed by atoms with Crippen molar-refractivity contribution in [2.24, 2.45) is 0 Å². The summed E-state index contributed by atoms with van der Waals surface area (Å²) in [6, 6.07) is 9.55. The topological polar surface area (TPSA) is 83.6 Å². The van der Waals surface area contributed by atoms with Crippen LogP contribution in [0.3, 0.4) is 0 Å². The molecule has 1 aromatic heterocycles. The summed E-state index contributed by atoms with van der Waals surface area (Å²) in [7, 11) is 1.62. The highest BCUT2D eigenvalue weighted by molar-refractivity contribution is 5.91. The van der Waals surface area contributed by atoms with Gasteiger partial charge in [-0.25, -0.2) is 4.98 Å². The number of benzene rings is 1. The highest BCUT2D eigenvalue weighted by atomic mass is 19.4. The van der Waals surface area contributed by atoms with E-state index in [1.54, 1.807) is 31.4 Å². The molecule has 0 aliphatic carbocycles. The summed E-state index contributed by atoms with van der Waals surface area (Å²) in [5, 5.41) is 5.30. The number of carbonyl (C=O) groups is 2. The van der Waals surface area contributed by atoms with Gasteiger partial charge in [-0.05, 0) is 43.3 Å². The molecule has 0 atom stereocenters. The van der Waals surface area contributed by atoms with Crippen molar-refractivity contribution in [3.05, 3.63) is 53.7 Å². The molecule has 1 heterocycles. The van der Waals surface area contributed by atoms with Crippen LogP contribution < -0.4 is 15.4 Å². The second-order valence-corrected chi connectivity index (χ2v) is 6.77. The highest BCUT2D eigenvalue weighted by Gasteiger charge is 2.28. The fourth-order valence-electron chi connectivity index (χ4n) is 2.44. The fraction of sp³-hybridized carbons (Fsp3) is 0.350. The average molecular weight is 424 g/mol. The lowest BCUT2D eigenvalue weighted by Crippen LogP contribution is -2.38. The Bertz CT molecular complexity index is 857. The van der Waals surface area contributed by atoms with Gasteiger partial charge in [0.2, 0.25) is 11.8 Å². The van der Waals surface area contributed by atoms with E-state index >= 15 is 0 Å². The van der Waals surface area contributed by atoms with E-state index in [4.69, 9.17) is 0 Å². The maximum atomic E-state index is 12.2. The lowest BCUT2D eigenvalue weighted by Gasteiger charge is -2.16. The highest BCUT2D eigenvalue weighted by Crippen LogP contribution is 2.19. The summed E-state index contributed by atoms with van der Waals surface area (Å²) >= 11 is 0. The zero-order valence-electron chi connectivity index (χ0n) is 16.6. The molecule has 0 aliphatic heterocycles. The Labute approximate surface area is 172 Å². The van der Waals surface area contributed by atoms with Crippen molar-refractivity contribution in [1.29, 1.82) is 0 Å². The minimum absolute atomic E-state index is 0.0102. The summed E-state index contributed by atoms with van der Waals surface area (Å²) in [6.07, 6.45) is -2.79. The van der Waals surface area contributed by atoms with E-state index in [0.717, 1.165) is 5.56 Å². The van der Waals surface area contributed by atoms with E-state index in [1.807, 2.05) is 13.0 Å². The van der Waals surface area contributed by atoms with E-state index in [0.29, 0.717) is 11.4 Å². The number of anilines is 1. The Morgan fingerprint density at radius 2 is 1.87 bits per heavy atom. The van der Waals surface area contributed by atoms with Crippen molar-refractivity contribution >= 4 is 17.6 Å². The molecule has 0 unspecified atom stereocenters. The molecule has 0 saturated carbocycles. The van der Waals surface area contributed by atoms with Gasteiger partial charge < -0.3 is 15.4 Å². The van der Waals surface area contributed by atoms with Crippen LogP contribution in [0.5, 0.6) is 5.75 Å². The number of aromatic nitrogens is 1. The lowest BCUT2D eigenvalue weighted by molar-refractivity contribution is -0.153. The Hall–Kier alpha value is -3.14. The number of carbonyl (C=O) groups excluding carboxylic acids is 2. The van der Waals surface area contributed by atoms with Gasteiger partial charge >= 0.3 is 6.18 Å². The number of likely N-dealkylation sites (N-methyl/N-ethyl adjacent to an activating group) is 1. The van der Waals surface area contributed by atoms with E-state index in [1.165, 1.54) is 17.0 Å². The molecule has 2 rings (SSSR count). The van der Waals surface area contributed by atoms with Gasteiger partial charge in [0.1, 0.15) is 11.6 Å². The van der Waals surface area contributed by atoms with Crippen molar-refractivity contribution in [1.82, 2.24) is 15.2 Å². The van der Waals surface area contributed by atoms with Gasteiger partial charge in [0.05, 0.1) is 13.1 Å². The number of pyridine rings is 1. The SMILES string of the molecule is Cc1ccc(NC(=O)CN(C)CC(=O)NCc2cccc(OCC(F)(F)F)c2)nc1. The van der Waals surface area contributed by atoms with Crippen molar-refractivity contribution in [2.45, 2.75) is 19.6 Å². The molecule has 0 spiro atoms. The molecule has 1 aromatic carbocycles. The zero-order chi connectivity index (χ0) is 22.1. The predicted molar refractivity (Wildman–Crippen MR) is 105 cm³/mol. The molecule has 30 heavy (non-hydrogen) atoms. The van der Waals surface area contributed by atoms with Crippen LogP contribution in [0.4, 0.5) is 19.0 Å². The van der Waals surface area contributed by atoms with Crippen molar-refractivity contribution in [3.63, 3.8) is 0 Å². The van der Waals surface area contributed by atoms with Gasteiger partial charge in [-0.2, -0.15) is 13.2 Å². The Balaban J connectivity index is 1.74. The zero-order valence-corrected chi connectivity index (χ0v) is 16.6. The number of halogens is 3. The van der Waals surface area contributed by atoms with E-state index in [-0.39, 0.29) is 37.2 Å². The van der Waals surface area contributed by atoms with Crippen LogP contribution in [0, 0.1) is 6.92 Å². The largest absolute Gasteiger partial charge is 0.484 e. The normalized spacial score (nSPS) is 11.3. The molecular weight excluding hydrogens is 401 g/mol. The molecule has 0 fully saturated rings. The lowest BCUT2D eigenvalue weighted by atomic mass is 10.2. The molecule has 2 amide bonds. The summed E-state index contributed by atoms with van der Waals surface area (Å²) in [4.78, 5) is 29.7. The third-order valence-electron chi connectivity index (χ3n) is 3.80. The van der Waals surface area contributed by atoms with Crippen molar-refractivity contribution in [2.75, 3.05) is 32.1 Å². The first kappa shape index (κ1) is 23.1. The van der Waals surface area contributed by atoms with Gasteiger partial charge in [0.15, 0.2) is 6.61 Å².